The number of anilines is 1. The maximum Gasteiger partial charge on any atom is 0.264 e. The Hall–Kier alpha value is -3.39. The quantitative estimate of drug-likeness (QED) is 0.497. The maximum atomic E-state index is 13.3. The van der Waals surface area contributed by atoms with E-state index in [9.17, 15) is 17.6 Å². The zero-order valence-electron chi connectivity index (χ0n) is 17.9. The van der Waals surface area contributed by atoms with Crippen LogP contribution in [-0.2, 0) is 14.8 Å². The lowest BCUT2D eigenvalue weighted by molar-refractivity contribution is -0.119. The van der Waals surface area contributed by atoms with Crippen molar-refractivity contribution in [1.82, 2.24) is 5.32 Å². The van der Waals surface area contributed by atoms with E-state index in [0.717, 1.165) is 27.6 Å². The molecular formula is C24H25FN2O4S. The monoisotopic (exact) mass is 456 g/mol. The number of para-hydroxylation sites is 1. The summed E-state index contributed by atoms with van der Waals surface area (Å²) in [7, 11) is -4.07. The number of nitrogens with zero attached hydrogens (tertiary/aromatic N) is 1. The van der Waals surface area contributed by atoms with Crippen LogP contribution < -0.4 is 14.4 Å². The van der Waals surface area contributed by atoms with Crippen LogP contribution in [0, 0.1) is 19.7 Å². The smallest absolute Gasteiger partial charge is 0.264 e. The second-order valence-corrected chi connectivity index (χ2v) is 9.19. The number of carbonyl (C=O) groups excluding carboxylic acids is 1. The molecule has 0 radical (unpaired) electrons. The number of hydrogen-bond acceptors (Lipinski definition) is 4. The molecule has 0 heterocycles. The highest BCUT2D eigenvalue weighted by Crippen LogP contribution is 2.23. The largest absolute Gasteiger partial charge is 0.492 e. The first-order valence-electron chi connectivity index (χ1n) is 10.1. The molecule has 0 fully saturated rings. The lowest BCUT2D eigenvalue weighted by atomic mass is 10.1. The van der Waals surface area contributed by atoms with Crippen molar-refractivity contribution in [1.29, 1.82) is 0 Å². The highest BCUT2D eigenvalue weighted by Gasteiger charge is 2.27. The third-order valence-corrected chi connectivity index (χ3v) is 6.41. The molecule has 0 saturated heterocycles. The molecule has 6 nitrogen and oxygen atoms in total. The van der Waals surface area contributed by atoms with Crippen molar-refractivity contribution in [2.24, 2.45) is 0 Å². The Bertz CT molecular complexity index is 1150. The molecule has 3 aromatic rings. The summed E-state index contributed by atoms with van der Waals surface area (Å²) in [6.45, 7) is 3.98. The van der Waals surface area contributed by atoms with Gasteiger partial charge in [-0.3, -0.25) is 9.10 Å². The molecule has 0 aliphatic rings. The van der Waals surface area contributed by atoms with Crippen LogP contribution in [0.15, 0.2) is 77.7 Å². The summed E-state index contributed by atoms with van der Waals surface area (Å²) >= 11 is 0. The number of nitrogens with one attached hydrogen (secondary N) is 1. The number of sulfonamides is 1. The van der Waals surface area contributed by atoms with Gasteiger partial charge in [0.05, 0.1) is 17.1 Å². The van der Waals surface area contributed by atoms with E-state index >= 15 is 0 Å². The molecule has 8 heteroatoms. The maximum absolute atomic E-state index is 13.3. The molecule has 0 bridgehead atoms. The number of ether oxygens (including phenoxy) is 1. The van der Waals surface area contributed by atoms with E-state index in [-0.39, 0.29) is 18.0 Å². The molecule has 3 rings (SSSR count). The van der Waals surface area contributed by atoms with Crippen LogP contribution in [0.5, 0.6) is 5.75 Å². The Balaban J connectivity index is 1.67. The van der Waals surface area contributed by atoms with Crippen molar-refractivity contribution < 1.29 is 22.3 Å². The molecule has 0 aliphatic carbocycles. The van der Waals surface area contributed by atoms with Crippen LogP contribution in [0.4, 0.5) is 10.1 Å². The molecule has 168 valence electrons. The van der Waals surface area contributed by atoms with Gasteiger partial charge in [0.15, 0.2) is 0 Å². The van der Waals surface area contributed by atoms with Crippen molar-refractivity contribution in [3.63, 3.8) is 0 Å². The Morgan fingerprint density at radius 2 is 1.59 bits per heavy atom. The van der Waals surface area contributed by atoms with Gasteiger partial charge in [0.2, 0.25) is 5.91 Å². The summed E-state index contributed by atoms with van der Waals surface area (Å²) in [5, 5.41) is 2.69. The van der Waals surface area contributed by atoms with Crippen molar-refractivity contribution >= 4 is 21.6 Å². The minimum Gasteiger partial charge on any atom is -0.492 e. The lowest BCUT2D eigenvalue weighted by Crippen LogP contribution is -2.41. The lowest BCUT2D eigenvalue weighted by Gasteiger charge is -2.24. The molecule has 0 spiro atoms. The van der Waals surface area contributed by atoms with E-state index in [1.165, 1.54) is 12.1 Å². The molecule has 0 saturated carbocycles. The predicted octanol–water partition coefficient (Wildman–Crippen LogP) is 3.83. The molecular weight excluding hydrogens is 431 g/mol. The summed E-state index contributed by atoms with van der Waals surface area (Å²) in [6, 6.07) is 18.6. The van der Waals surface area contributed by atoms with Gasteiger partial charge in [0, 0.05) is 0 Å². The number of hydrogen-bond donors (Lipinski definition) is 1. The van der Waals surface area contributed by atoms with E-state index in [1.807, 2.05) is 32.0 Å². The number of benzene rings is 3. The van der Waals surface area contributed by atoms with Crippen LogP contribution in [0.25, 0.3) is 0 Å². The molecule has 3 aromatic carbocycles. The summed E-state index contributed by atoms with van der Waals surface area (Å²) in [5.41, 5.74) is 2.49. The van der Waals surface area contributed by atoms with E-state index in [0.29, 0.717) is 11.4 Å². The highest BCUT2D eigenvalue weighted by atomic mass is 32.2. The van der Waals surface area contributed by atoms with E-state index in [1.54, 1.807) is 30.3 Å². The van der Waals surface area contributed by atoms with Gasteiger partial charge in [-0.15, -0.1) is 0 Å². The van der Waals surface area contributed by atoms with Gasteiger partial charge in [-0.05, 0) is 73.5 Å². The molecule has 0 atom stereocenters. The Labute approximate surface area is 187 Å². The summed E-state index contributed by atoms with van der Waals surface area (Å²) < 4.78 is 46.3. The van der Waals surface area contributed by atoms with Gasteiger partial charge in [-0.2, -0.15) is 0 Å². The van der Waals surface area contributed by atoms with E-state index < -0.39 is 28.3 Å². The highest BCUT2D eigenvalue weighted by molar-refractivity contribution is 7.92. The predicted molar refractivity (Wildman–Crippen MR) is 122 cm³/mol. The topological polar surface area (TPSA) is 75.7 Å². The van der Waals surface area contributed by atoms with Crippen molar-refractivity contribution in [2.45, 2.75) is 18.7 Å². The first kappa shape index (κ1) is 23.3. The minimum atomic E-state index is -4.07. The van der Waals surface area contributed by atoms with Crippen LogP contribution in [0.2, 0.25) is 0 Å². The zero-order valence-corrected chi connectivity index (χ0v) is 18.7. The summed E-state index contributed by atoms with van der Waals surface area (Å²) in [5.74, 6) is -0.318. The fourth-order valence-electron chi connectivity index (χ4n) is 3.21. The van der Waals surface area contributed by atoms with E-state index in [4.69, 9.17) is 4.74 Å². The third kappa shape index (κ3) is 6.07. The number of carbonyl (C=O) groups is 1. The first-order chi connectivity index (χ1) is 15.3. The average molecular weight is 457 g/mol. The van der Waals surface area contributed by atoms with Crippen molar-refractivity contribution in [3.05, 3.63) is 89.7 Å². The Morgan fingerprint density at radius 3 is 2.22 bits per heavy atom. The Kier molecular flexibility index (Phi) is 7.48. The molecule has 32 heavy (non-hydrogen) atoms. The van der Waals surface area contributed by atoms with E-state index in [2.05, 4.69) is 5.32 Å². The fraction of sp³-hybridized carbons (Fsp3) is 0.208. The SMILES string of the molecule is Cc1cc(C)cc(OCCNC(=O)CN(c2ccccc2)S(=O)(=O)c2ccc(F)cc2)c1. The van der Waals surface area contributed by atoms with Crippen LogP contribution in [-0.4, -0.2) is 34.0 Å². The third-order valence-electron chi connectivity index (χ3n) is 4.62. The Morgan fingerprint density at radius 1 is 0.969 bits per heavy atom. The second kappa shape index (κ2) is 10.3. The molecule has 1 N–H and O–H groups in total. The van der Waals surface area contributed by atoms with Gasteiger partial charge in [0.1, 0.15) is 24.7 Å². The number of amides is 1. The minimum absolute atomic E-state index is 0.103. The molecule has 0 aliphatic heterocycles. The van der Waals surface area contributed by atoms with Gasteiger partial charge in [0.25, 0.3) is 10.0 Å². The number of halogens is 1. The summed E-state index contributed by atoms with van der Waals surface area (Å²) in [4.78, 5) is 12.4. The normalized spacial score (nSPS) is 11.1. The van der Waals surface area contributed by atoms with Crippen LogP contribution in [0.3, 0.4) is 0 Å². The zero-order chi connectivity index (χ0) is 23.1. The number of aryl methyl sites for hydroxylation is 2. The molecule has 0 aromatic heterocycles. The molecule has 1 amide bonds. The van der Waals surface area contributed by atoms with Crippen LogP contribution >= 0.6 is 0 Å². The van der Waals surface area contributed by atoms with Gasteiger partial charge in [-0.1, -0.05) is 24.3 Å². The fourth-order valence-corrected chi connectivity index (χ4v) is 4.63. The van der Waals surface area contributed by atoms with Crippen molar-refractivity contribution in [2.75, 3.05) is 24.0 Å². The second-order valence-electron chi connectivity index (χ2n) is 7.32. The molecule has 0 unspecified atom stereocenters. The summed E-state index contributed by atoms with van der Waals surface area (Å²) in [6.07, 6.45) is 0. The van der Waals surface area contributed by atoms with Gasteiger partial charge < -0.3 is 10.1 Å². The number of rotatable bonds is 9. The van der Waals surface area contributed by atoms with Gasteiger partial charge in [-0.25, -0.2) is 12.8 Å². The van der Waals surface area contributed by atoms with Crippen LogP contribution in [0.1, 0.15) is 11.1 Å². The van der Waals surface area contributed by atoms with Gasteiger partial charge >= 0.3 is 0 Å². The first-order valence-corrected chi connectivity index (χ1v) is 11.5. The van der Waals surface area contributed by atoms with Crippen molar-refractivity contribution in [3.8, 4) is 5.75 Å². The standard InChI is InChI=1S/C24H25FN2O4S/c1-18-14-19(2)16-22(15-18)31-13-12-26-24(28)17-27(21-6-4-3-5-7-21)32(29,30)23-10-8-20(25)9-11-23/h3-11,14-16H,12-13,17H2,1-2H3,(H,26,28). The average Bonchev–Trinajstić information content (AvgIpc) is 2.75.